The number of nitrogens with zero attached hydrogens (tertiary/aromatic N) is 1. The highest BCUT2D eigenvalue weighted by atomic mass is 35.5. The van der Waals surface area contributed by atoms with Gasteiger partial charge in [0, 0.05) is 10.7 Å². The van der Waals surface area contributed by atoms with Crippen molar-refractivity contribution in [1.29, 1.82) is 0 Å². The highest BCUT2D eigenvalue weighted by molar-refractivity contribution is 6.31. The molecule has 0 aliphatic carbocycles. The van der Waals surface area contributed by atoms with Gasteiger partial charge < -0.3 is 10.1 Å². The van der Waals surface area contributed by atoms with Gasteiger partial charge in [0.2, 0.25) is 5.91 Å². The van der Waals surface area contributed by atoms with E-state index in [0.717, 1.165) is 5.56 Å². The Hall–Kier alpha value is -2.53. The quantitative estimate of drug-likeness (QED) is 0.908. The lowest BCUT2D eigenvalue weighted by atomic mass is 10.0. The molecule has 0 fully saturated rings. The van der Waals surface area contributed by atoms with Crippen molar-refractivity contribution in [2.75, 3.05) is 16.8 Å². The second-order valence-electron chi connectivity index (χ2n) is 6.53. The minimum Gasteiger partial charge on any atom is -0.476 e. The van der Waals surface area contributed by atoms with Gasteiger partial charge in [-0.3, -0.25) is 14.5 Å². The molecular weight excluding hydrogens is 340 g/mol. The first kappa shape index (κ1) is 17.3. The number of aryl methyl sites for hydroxylation is 1. The molecule has 1 heterocycles. The van der Waals surface area contributed by atoms with Crippen molar-refractivity contribution in [1.82, 2.24) is 0 Å². The van der Waals surface area contributed by atoms with Crippen LogP contribution in [0, 0.1) is 6.92 Å². The number of carbonyl (C=O) groups is 2. The van der Waals surface area contributed by atoms with Gasteiger partial charge in [0.05, 0.1) is 5.69 Å². The summed E-state index contributed by atoms with van der Waals surface area (Å²) < 4.78 is 5.75. The summed E-state index contributed by atoms with van der Waals surface area (Å²) in [5.74, 6) is -0.0562. The van der Waals surface area contributed by atoms with Crippen LogP contribution < -0.4 is 15.0 Å². The topological polar surface area (TPSA) is 58.6 Å². The van der Waals surface area contributed by atoms with Gasteiger partial charge in [-0.25, -0.2) is 0 Å². The number of benzene rings is 2. The molecule has 1 aliphatic rings. The maximum atomic E-state index is 12.7. The summed E-state index contributed by atoms with van der Waals surface area (Å²) in [5, 5.41) is 3.27. The second-order valence-corrected chi connectivity index (χ2v) is 6.97. The molecule has 0 spiro atoms. The molecule has 0 bridgehead atoms. The van der Waals surface area contributed by atoms with Crippen molar-refractivity contribution in [2.45, 2.75) is 26.4 Å². The van der Waals surface area contributed by atoms with Gasteiger partial charge in [0.1, 0.15) is 12.3 Å². The Morgan fingerprint density at radius 2 is 1.88 bits per heavy atom. The number of halogens is 1. The molecule has 25 heavy (non-hydrogen) atoms. The monoisotopic (exact) mass is 358 g/mol. The smallest absolute Gasteiger partial charge is 0.271 e. The number of amides is 2. The molecule has 6 heteroatoms. The van der Waals surface area contributed by atoms with E-state index in [2.05, 4.69) is 5.32 Å². The predicted molar refractivity (Wildman–Crippen MR) is 98.3 cm³/mol. The molecule has 2 aromatic carbocycles. The van der Waals surface area contributed by atoms with Gasteiger partial charge in [-0.05, 0) is 51.1 Å². The van der Waals surface area contributed by atoms with E-state index in [0.29, 0.717) is 22.1 Å². The van der Waals surface area contributed by atoms with Crippen LogP contribution in [0.4, 0.5) is 11.4 Å². The van der Waals surface area contributed by atoms with E-state index in [1.165, 1.54) is 4.90 Å². The van der Waals surface area contributed by atoms with Crippen LogP contribution in [-0.4, -0.2) is 24.0 Å². The van der Waals surface area contributed by atoms with Crippen LogP contribution in [0.1, 0.15) is 19.4 Å². The largest absolute Gasteiger partial charge is 0.476 e. The number of ether oxygens (including phenoxy) is 1. The first-order valence-corrected chi connectivity index (χ1v) is 8.31. The minimum atomic E-state index is -1.05. The number of hydrogen-bond acceptors (Lipinski definition) is 3. The first-order valence-electron chi connectivity index (χ1n) is 7.93. The number of anilines is 2. The lowest BCUT2D eigenvalue weighted by molar-refractivity contribution is -0.133. The number of nitrogens with one attached hydrogen (secondary N) is 1. The molecule has 0 aromatic heterocycles. The van der Waals surface area contributed by atoms with Crippen molar-refractivity contribution < 1.29 is 14.3 Å². The number of hydrogen-bond donors (Lipinski definition) is 1. The molecule has 5 nitrogen and oxygen atoms in total. The fraction of sp³-hybridized carbons (Fsp3) is 0.263. The van der Waals surface area contributed by atoms with Crippen molar-refractivity contribution in [3.8, 4) is 5.75 Å². The Kier molecular flexibility index (Phi) is 4.43. The van der Waals surface area contributed by atoms with Crippen LogP contribution in [0.2, 0.25) is 5.02 Å². The van der Waals surface area contributed by atoms with Gasteiger partial charge in [0.25, 0.3) is 5.91 Å². The standard InChI is InChI=1S/C19H19ClN2O3/c1-12-4-7-14(8-5-12)21-17(23)11-22-15-10-13(20)6-9-16(15)25-19(2,3)18(22)24/h4-10H,11H2,1-3H3,(H,21,23). The molecule has 0 radical (unpaired) electrons. The van der Waals surface area contributed by atoms with Crippen molar-refractivity contribution in [3.63, 3.8) is 0 Å². The van der Waals surface area contributed by atoms with Gasteiger partial charge >= 0.3 is 0 Å². The van der Waals surface area contributed by atoms with Gasteiger partial charge in [-0.2, -0.15) is 0 Å². The van der Waals surface area contributed by atoms with E-state index < -0.39 is 5.60 Å². The zero-order valence-corrected chi connectivity index (χ0v) is 15.1. The molecule has 1 aliphatic heterocycles. The van der Waals surface area contributed by atoms with Crippen molar-refractivity contribution in [3.05, 3.63) is 53.1 Å². The van der Waals surface area contributed by atoms with E-state index in [-0.39, 0.29) is 18.4 Å². The van der Waals surface area contributed by atoms with E-state index in [1.807, 2.05) is 31.2 Å². The maximum absolute atomic E-state index is 12.7. The van der Waals surface area contributed by atoms with Crippen LogP contribution in [0.3, 0.4) is 0 Å². The fourth-order valence-corrected chi connectivity index (χ4v) is 2.85. The summed E-state index contributed by atoms with van der Waals surface area (Å²) in [5.41, 5.74) is 1.23. The molecule has 1 N–H and O–H groups in total. The van der Waals surface area contributed by atoms with Crippen LogP contribution in [0.25, 0.3) is 0 Å². The van der Waals surface area contributed by atoms with E-state index >= 15 is 0 Å². The number of rotatable bonds is 3. The van der Waals surface area contributed by atoms with Crippen molar-refractivity contribution >= 4 is 34.8 Å². The van der Waals surface area contributed by atoms with Crippen LogP contribution in [0.15, 0.2) is 42.5 Å². The van der Waals surface area contributed by atoms with E-state index in [1.54, 1.807) is 32.0 Å². The summed E-state index contributed by atoms with van der Waals surface area (Å²) in [4.78, 5) is 26.6. The van der Waals surface area contributed by atoms with Crippen LogP contribution in [-0.2, 0) is 9.59 Å². The third kappa shape index (κ3) is 3.61. The molecule has 0 saturated heterocycles. The van der Waals surface area contributed by atoms with Crippen LogP contribution >= 0.6 is 11.6 Å². The molecular formula is C19H19ClN2O3. The number of fused-ring (bicyclic) bond motifs is 1. The van der Waals surface area contributed by atoms with Gasteiger partial charge in [-0.15, -0.1) is 0 Å². The minimum absolute atomic E-state index is 0.118. The zero-order chi connectivity index (χ0) is 18.2. The van der Waals surface area contributed by atoms with Crippen LogP contribution in [0.5, 0.6) is 5.75 Å². The summed E-state index contributed by atoms with van der Waals surface area (Å²) in [7, 11) is 0. The third-order valence-corrected chi connectivity index (χ3v) is 4.21. The fourth-order valence-electron chi connectivity index (χ4n) is 2.68. The molecule has 130 valence electrons. The summed E-state index contributed by atoms with van der Waals surface area (Å²) in [6, 6.07) is 12.5. The third-order valence-electron chi connectivity index (χ3n) is 3.97. The Morgan fingerprint density at radius 3 is 2.56 bits per heavy atom. The second kappa shape index (κ2) is 6.41. The van der Waals surface area contributed by atoms with E-state index in [9.17, 15) is 9.59 Å². The maximum Gasteiger partial charge on any atom is 0.271 e. The molecule has 0 unspecified atom stereocenters. The number of carbonyl (C=O) groups excluding carboxylic acids is 2. The first-order chi connectivity index (χ1) is 11.8. The summed E-state index contributed by atoms with van der Waals surface area (Å²) >= 11 is 6.05. The lowest BCUT2D eigenvalue weighted by Crippen LogP contribution is -2.54. The summed E-state index contributed by atoms with van der Waals surface area (Å²) in [6.45, 7) is 5.21. The SMILES string of the molecule is Cc1ccc(NC(=O)CN2C(=O)C(C)(C)Oc3ccc(Cl)cc32)cc1. The lowest BCUT2D eigenvalue weighted by Gasteiger charge is -2.38. The molecule has 0 atom stereocenters. The van der Waals surface area contributed by atoms with Gasteiger partial charge in [0.15, 0.2) is 5.60 Å². The summed E-state index contributed by atoms with van der Waals surface area (Å²) in [6.07, 6.45) is 0. The Balaban J connectivity index is 1.85. The zero-order valence-electron chi connectivity index (χ0n) is 14.3. The average Bonchev–Trinajstić information content (AvgIpc) is 2.55. The molecule has 0 saturated carbocycles. The van der Waals surface area contributed by atoms with E-state index in [4.69, 9.17) is 16.3 Å². The molecule has 2 aromatic rings. The highest BCUT2D eigenvalue weighted by Gasteiger charge is 2.41. The average molecular weight is 359 g/mol. The normalized spacial score (nSPS) is 15.4. The Labute approximate surface area is 151 Å². The van der Waals surface area contributed by atoms with Gasteiger partial charge in [-0.1, -0.05) is 29.3 Å². The molecule has 2 amide bonds. The predicted octanol–water partition coefficient (Wildman–Crippen LogP) is 3.79. The Morgan fingerprint density at radius 1 is 1.20 bits per heavy atom. The molecule has 3 rings (SSSR count). The highest BCUT2D eigenvalue weighted by Crippen LogP contribution is 2.39. The van der Waals surface area contributed by atoms with Crippen molar-refractivity contribution in [2.24, 2.45) is 0 Å². The Bertz CT molecular complexity index is 831.